The Morgan fingerprint density at radius 2 is 1.69 bits per heavy atom. The van der Waals surface area contributed by atoms with Gasteiger partial charge in [0.1, 0.15) is 17.1 Å². The van der Waals surface area contributed by atoms with Gasteiger partial charge in [-0.05, 0) is 77.2 Å². The fourth-order valence-corrected chi connectivity index (χ4v) is 3.16. The molecule has 0 saturated carbocycles. The van der Waals surface area contributed by atoms with Gasteiger partial charge in [-0.1, -0.05) is 0 Å². The van der Waals surface area contributed by atoms with E-state index in [2.05, 4.69) is 28.0 Å². The second kappa shape index (κ2) is 7.51. The number of amides is 2. The predicted octanol–water partition coefficient (Wildman–Crippen LogP) is 3.92. The molecular weight excluding hydrogens is 489 g/mol. The van der Waals surface area contributed by atoms with E-state index in [0.717, 1.165) is 3.57 Å². The molecule has 2 heterocycles. The molecule has 2 aromatic carbocycles. The Hall–Kier alpha value is -3.47. The van der Waals surface area contributed by atoms with Crippen LogP contribution >= 0.6 is 22.6 Å². The van der Waals surface area contributed by atoms with Crippen molar-refractivity contribution >= 4 is 51.9 Å². The normalized spacial score (nSPS) is 15.1. The number of halogens is 1. The van der Waals surface area contributed by atoms with Crippen molar-refractivity contribution in [3.8, 4) is 11.3 Å². The topological polar surface area (TPSA) is 106 Å². The largest absolute Gasteiger partial charge is 0.457 e. The van der Waals surface area contributed by atoms with Gasteiger partial charge in [-0.3, -0.25) is 25.1 Å². The van der Waals surface area contributed by atoms with Gasteiger partial charge in [0.25, 0.3) is 17.5 Å². The van der Waals surface area contributed by atoms with Crippen molar-refractivity contribution < 1.29 is 18.9 Å². The first-order valence-electron chi connectivity index (χ1n) is 8.40. The van der Waals surface area contributed by atoms with E-state index < -0.39 is 16.7 Å². The van der Waals surface area contributed by atoms with E-state index in [9.17, 15) is 19.7 Å². The fraction of sp³-hybridized carbons (Fsp3) is 0. The molecule has 2 amide bonds. The summed E-state index contributed by atoms with van der Waals surface area (Å²) < 4.78 is 6.70. The maximum atomic E-state index is 12.7. The molecule has 1 fully saturated rings. The van der Waals surface area contributed by atoms with Crippen LogP contribution in [0.4, 0.5) is 11.4 Å². The van der Waals surface area contributed by atoms with Crippen LogP contribution in [-0.4, -0.2) is 16.7 Å². The Balaban J connectivity index is 1.58. The molecule has 1 aliphatic heterocycles. The van der Waals surface area contributed by atoms with E-state index in [0.29, 0.717) is 22.8 Å². The highest BCUT2D eigenvalue weighted by atomic mass is 127. The third-order valence-corrected chi connectivity index (χ3v) is 4.97. The van der Waals surface area contributed by atoms with E-state index >= 15 is 0 Å². The molecule has 1 saturated heterocycles. The van der Waals surface area contributed by atoms with Gasteiger partial charge < -0.3 is 4.42 Å². The summed E-state index contributed by atoms with van der Waals surface area (Å²) in [5, 5.41) is 11.9. The summed E-state index contributed by atoms with van der Waals surface area (Å²) >= 11 is 2.15. The number of carbonyl (C=O) groups is 2. The van der Waals surface area contributed by atoms with Gasteiger partial charge in [-0.25, -0.2) is 5.01 Å². The first-order valence-corrected chi connectivity index (χ1v) is 9.47. The molecule has 3 aromatic rings. The van der Waals surface area contributed by atoms with Crippen molar-refractivity contribution in [2.75, 3.05) is 5.01 Å². The highest BCUT2D eigenvalue weighted by molar-refractivity contribution is 14.1. The average Bonchev–Trinajstić information content (AvgIpc) is 3.29. The third kappa shape index (κ3) is 3.76. The highest BCUT2D eigenvalue weighted by Crippen LogP contribution is 2.27. The van der Waals surface area contributed by atoms with Crippen molar-refractivity contribution in [1.82, 2.24) is 5.43 Å². The van der Waals surface area contributed by atoms with E-state index in [-0.39, 0.29) is 11.3 Å². The van der Waals surface area contributed by atoms with E-state index in [1.54, 1.807) is 36.4 Å². The molecule has 1 N–H and O–H groups in total. The molecule has 8 nitrogen and oxygen atoms in total. The van der Waals surface area contributed by atoms with Gasteiger partial charge in [0.05, 0.1) is 10.6 Å². The predicted molar refractivity (Wildman–Crippen MR) is 114 cm³/mol. The quantitative estimate of drug-likeness (QED) is 0.192. The highest BCUT2D eigenvalue weighted by Gasteiger charge is 2.34. The standard InChI is InChI=1S/C20H12IN3O5/c21-13-3-7-14(8-4-13)23-20(26)17(19(25)22-23)11-16-9-10-18(29-16)12-1-5-15(6-2-12)24(27)28/h1-11H,(H,22,25)/b17-11-. The van der Waals surface area contributed by atoms with E-state index in [1.165, 1.54) is 23.2 Å². The summed E-state index contributed by atoms with van der Waals surface area (Å²) in [5.41, 5.74) is 3.66. The number of rotatable bonds is 4. The molecule has 0 aliphatic carbocycles. The molecule has 0 atom stereocenters. The lowest BCUT2D eigenvalue weighted by Gasteiger charge is -2.14. The van der Waals surface area contributed by atoms with Gasteiger partial charge in [0.2, 0.25) is 0 Å². The minimum atomic E-state index is -0.526. The Kier molecular flexibility index (Phi) is 4.89. The summed E-state index contributed by atoms with van der Waals surface area (Å²) in [6.07, 6.45) is 1.37. The van der Waals surface area contributed by atoms with Crippen LogP contribution < -0.4 is 10.4 Å². The number of carbonyl (C=O) groups excluding carboxylic acids is 2. The monoisotopic (exact) mass is 501 g/mol. The molecule has 9 heteroatoms. The number of non-ortho nitro benzene ring substituents is 1. The minimum absolute atomic E-state index is 0.0217. The van der Waals surface area contributed by atoms with Crippen LogP contribution in [-0.2, 0) is 9.59 Å². The second-order valence-corrected chi connectivity index (χ2v) is 7.37. The number of hydrazine groups is 1. The third-order valence-electron chi connectivity index (χ3n) is 4.25. The molecule has 4 rings (SSSR count). The van der Waals surface area contributed by atoms with Crippen LogP contribution in [0.15, 0.2) is 70.7 Å². The number of furan rings is 1. The Morgan fingerprint density at radius 3 is 2.34 bits per heavy atom. The van der Waals surface area contributed by atoms with Crippen LogP contribution in [0.25, 0.3) is 17.4 Å². The lowest BCUT2D eigenvalue weighted by Crippen LogP contribution is -2.35. The molecule has 1 aliphatic rings. The van der Waals surface area contributed by atoms with E-state index in [4.69, 9.17) is 4.42 Å². The Bertz CT molecular complexity index is 1150. The van der Waals surface area contributed by atoms with Crippen LogP contribution in [0.2, 0.25) is 0 Å². The van der Waals surface area contributed by atoms with Gasteiger partial charge in [-0.15, -0.1) is 0 Å². The van der Waals surface area contributed by atoms with Gasteiger partial charge in [-0.2, -0.15) is 0 Å². The summed E-state index contributed by atoms with van der Waals surface area (Å²) in [6, 6.07) is 16.3. The Morgan fingerprint density at radius 1 is 1.00 bits per heavy atom. The molecule has 0 spiro atoms. The van der Waals surface area contributed by atoms with Crippen LogP contribution in [0.1, 0.15) is 5.76 Å². The summed E-state index contributed by atoms with van der Waals surface area (Å²) in [6.45, 7) is 0. The fourth-order valence-electron chi connectivity index (χ4n) is 2.80. The number of hydrogen-bond acceptors (Lipinski definition) is 5. The molecule has 0 unspecified atom stereocenters. The number of hydrogen-bond donors (Lipinski definition) is 1. The summed E-state index contributed by atoms with van der Waals surface area (Å²) in [7, 11) is 0. The zero-order valence-electron chi connectivity index (χ0n) is 14.7. The number of anilines is 1. The number of nitrogens with one attached hydrogen (secondary N) is 1. The zero-order chi connectivity index (χ0) is 20.5. The van der Waals surface area contributed by atoms with Crippen LogP contribution in [0, 0.1) is 13.7 Å². The molecule has 0 radical (unpaired) electrons. The second-order valence-electron chi connectivity index (χ2n) is 6.12. The number of nitro groups is 1. The Labute approximate surface area is 178 Å². The van der Waals surface area contributed by atoms with Crippen molar-refractivity contribution in [2.45, 2.75) is 0 Å². The SMILES string of the molecule is O=C1NN(c2ccc(I)cc2)C(=O)/C1=C\c1ccc(-c2ccc([N+](=O)[O-])cc2)o1. The smallest absolute Gasteiger partial charge is 0.282 e. The molecular formula is C20H12IN3O5. The molecule has 1 aromatic heterocycles. The maximum Gasteiger partial charge on any atom is 0.282 e. The molecule has 29 heavy (non-hydrogen) atoms. The average molecular weight is 501 g/mol. The zero-order valence-corrected chi connectivity index (χ0v) is 16.8. The lowest BCUT2D eigenvalue weighted by molar-refractivity contribution is -0.384. The van der Waals surface area contributed by atoms with E-state index in [1.807, 2.05) is 12.1 Å². The van der Waals surface area contributed by atoms with Gasteiger partial charge >= 0.3 is 0 Å². The maximum absolute atomic E-state index is 12.7. The minimum Gasteiger partial charge on any atom is -0.457 e. The first-order chi connectivity index (χ1) is 13.9. The summed E-state index contributed by atoms with van der Waals surface area (Å²) in [5.74, 6) is -0.222. The van der Waals surface area contributed by atoms with Crippen molar-refractivity contribution in [3.05, 3.63) is 85.7 Å². The van der Waals surface area contributed by atoms with Crippen molar-refractivity contribution in [1.29, 1.82) is 0 Å². The number of benzene rings is 2. The van der Waals surface area contributed by atoms with Crippen molar-refractivity contribution in [2.24, 2.45) is 0 Å². The van der Waals surface area contributed by atoms with Crippen molar-refractivity contribution in [3.63, 3.8) is 0 Å². The van der Waals surface area contributed by atoms with Gasteiger partial charge in [0, 0.05) is 21.3 Å². The van der Waals surface area contributed by atoms with Gasteiger partial charge in [0.15, 0.2) is 0 Å². The molecule has 144 valence electrons. The first kappa shape index (κ1) is 18.9. The number of nitro benzene ring substituents is 1. The number of nitrogens with zero attached hydrogens (tertiary/aromatic N) is 2. The van der Waals surface area contributed by atoms with Crippen LogP contribution in [0.3, 0.4) is 0 Å². The molecule has 0 bridgehead atoms. The van der Waals surface area contributed by atoms with Crippen LogP contribution in [0.5, 0.6) is 0 Å². The summed E-state index contributed by atoms with van der Waals surface area (Å²) in [4.78, 5) is 35.2. The lowest BCUT2D eigenvalue weighted by atomic mass is 10.1.